The van der Waals surface area contributed by atoms with Crippen molar-refractivity contribution in [2.45, 2.75) is 10.1 Å². The van der Waals surface area contributed by atoms with Crippen LogP contribution in [-0.4, -0.2) is 17.0 Å². The van der Waals surface area contributed by atoms with Crippen molar-refractivity contribution in [2.75, 3.05) is 5.32 Å². The molecule has 26 heavy (non-hydrogen) atoms. The quantitative estimate of drug-likeness (QED) is 0.614. The molecule has 4 nitrogen and oxygen atoms in total. The van der Waals surface area contributed by atoms with Crippen LogP contribution in [0.5, 0.6) is 0 Å². The number of thioether (sulfide) groups is 1. The lowest BCUT2D eigenvalue weighted by atomic mass is 10.1. The van der Waals surface area contributed by atoms with Crippen LogP contribution in [0.15, 0.2) is 89.8 Å². The molecular weight excluding hydrogens is 346 g/mol. The van der Waals surface area contributed by atoms with Gasteiger partial charge in [-0.3, -0.25) is 9.59 Å². The highest BCUT2D eigenvalue weighted by molar-refractivity contribution is 8.00. The Kier molecular flexibility index (Phi) is 5.71. The Labute approximate surface area is 155 Å². The summed E-state index contributed by atoms with van der Waals surface area (Å²) in [5.74, 6) is -1.23. The summed E-state index contributed by atoms with van der Waals surface area (Å²) in [5.41, 5.74) is 1.57. The minimum Gasteiger partial charge on any atom is -0.480 e. The summed E-state index contributed by atoms with van der Waals surface area (Å²) in [4.78, 5) is 25.2. The van der Waals surface area contributed by atoms with Crippen molar-refractivity contribution in [2.24, 2.45) is 0 Å². The van der Waals surface area contributed by atoms with Gasteiger partial charge >= 0.3 is 5.97 Å². The number of anilines is 1. The highest BCUT2D eigenvalue weighted by atomic mass is 32.2. The smallest absolute Gasteiger partial charge is 0.321 e. The van der Waals surface area contributed by atoms with Crippen LogP contribution in [0, 0.1) is 0 Å². The van der Waals surface area contributed by atoms with Gasteiger partial charge in [-0.1, -0.05) is 54.6 Å². The molecule has 2 N–H and O–H groups in total. The summed E-state index contributed by atoms with van der Waals surface area (Å²) in [5, 5.41) is 11.7. The molecule has 3 aromatic rings. The molecule has 0 bridgehead atoms. The third kappa shape index (κ3) is 4.32. The van der Waals surface area contributed by atoms with E-state index >= 15 is 0 Å². The van der Waals surface area contributed by atoms with Crippen LogP contribution in [0.2, 0.25) is 0 Å². The van der Waals surface area contributed by atoms with Crippen LogP contribution in [0.25, 0.3) is 0 Å². The third-order valence-electron chi connectivity index (χ3n) is 3.75. The number of amides is 1. The molecule has 0 aliphatic heterocycles. The van der Waals surface area contributed by atoms with E-state index in [2.05, 4.69) is 5.32 Å². The van der Waals surface area contributed by atoms with E-state index in [0.29, 0.717) is 16.8 Å². The van der Waals surface area contributed by atoms with Crippen molar-refractivity contribution in [3.8, 4) is 0 Å². The minimum atomic E-state index is -0.958. The minimum absolute atomic E-state index is 0.271. The van der Waals surface area contributed by atoms with Crippen LogP contribution in [0.1, 0.15) is 21.2 Å². The molecule has 5 heteroatoms. The van der Waals surface area contributed by atoms with Gasteiger partial charge in [-0.15, -0.1) is 11.8 Å². The zero-order valence-electron chi connectivity index (χ0n) is 13.8. The standard InChI is InChI=1S/C21H17NO3S/c23-20(15-9-3-1-4-10-15)22-18-14-8-7-13-17(18)19(21(24)25)26-16-11-5-2-6-12-16/h1-14,19H,(H,22,23)(H,24,25). The van der Waals surface area contributed by atoms with Crippen LogP contribution < -0.4 is 5.32 Å². The topological polar surface area (TPSA) is 66.4 Å². The number of hydrogen-bond donors (Lipinski definition) is 2. The number of para-hydroxylation sites is 1. The van der Waals surface area contributed by atoms with E-state index in [4.69, 9.17) is 0 Å². The molecule has 0 aliphatic rings. The van der Waals surface area contributed by atoms with E-state index in [0.717, 1.165) is 4.90 Å². The first-order valence-corrected chi connectivity index (χ1v) is 8.93. The number of rotatable bonds is 6. The van der Waals surface area contributed by atoms with Gasteiger partial charge in [0.2, 0.25) is 0 Å². The number of aliphatic carboxylic acids is 1. The predicted molar refractivity (Wildman–Crippen MR) is 104 cm³/mol. The Morgan fingerprint density at radius 1 is 0.808 bits per heavy atom. The average Bonchev–Trinajstić information content (AvgIpc) is 2.68. The maximum Gasteiger partial charge on any atom is 0.321 e. The number of carboxylic acid groups (broad SMARTS) is 1. The number of nitrogens with one attached hydrogen (secondary N) is 1. The summed E-state index contributed by atoms with van der Waals surface area (Å²) in [6.07, 6.45) is 0. The van der Waals surface area contributed by atoms with Gasteiger partial charge in [-0.2, -0.15) is 0 Å². The molecular formula is C21H17NO3S. The number of carbonyl (C=O) groups is 2. The first-order valence-electron chi connectivity index (χ1n) is 8.05. The fraction of sp³-hybridized carbons (Fsp3) is 0.0476. The first-order chi connectivity index (χ1) is 12.6. The van der Waals surface area contributed by atoms with Crippen molar-refractivity contribution >= 4 is 29.3 Å². The van der Waals surface area contributed by atoms with Gasteiger partial charge in [0.1, 0.15) is 5.25 Å². The Morgan fingerprint density at radius 3 is 2.04 bits per heavy atom. The largest absolute Gasteiger partial charge is 0.480 e. The van der Waals surface area contributed by atoms with Gasteiger partial charge in [-0.05, 0) is 30.3 Å². The highest BCUT2D eigenvalue weighted by Gasteiger charge is 2.24. The van der Waals surface area contributed by atoms with Crippen molar-refractivity contribution < 1.29 is 14.7 Å². The molecule has 0 saturated heterocycles. The normalized spacial score (nSPS) is 11.5. The SMILES string of the molecule is O=C(Nc1ccccc1C(Sc1ccccc1)C(=O)O)c1ccccc1. The Bertz CT molecular complexity index is 897. The van der Waals surface area contributed by atoms with Crippen LogP contribution in [0.3, 0.4) is 0 Å². The van der Waals surface area contributed by atoms with Gasteiger partial charge in [0, 0.05) is 21.7 Å². The lowest BCUT2D eigenvalue weighted by Crippen LogP contribution is -2.16. The van der Waals surface area contributed by atoms with Crippen molar-refractivity contribution in [1.82, 2.24) is 0 Å². The van der Waals surface area contributed by atoms with Gasteiger partial charge in [0.25, 0.3) is 5.91 Å². The Hall–Kier alpha value is -3.05. The maximum atomic E-state index is 12.5. The summed E-state index contributed by atoms with van der Waals surface area (Å²) >= 11 is 1.24. The van der Waals surface area contributed by atoms with Crippen LogP contribution >= 0.6 is 11.8 Å². The fourth-order valence-electron chi connectivity index (χ4n) is 2.51. The van der Waals surface area contributed by atoms with Crippen molar-refractivity contribution in [3.05, 3.63) is 96.1 Å². The second-order valence-corrected chi connectivity index (χ2v) is 6.74. The van der Waals surface area contributed by atoms with Gasteiger partial charge in [0.15, 0.2) is 0 Å². The van der Waals surface area contributed by atoms with E-state index in [1.165, 1.54) is 11.8 Å². The zero-order valence-corrected chi connectivity index (χ0v) is 14.6. The summed E-state index contributed by atoms with van der Waals surface area (Å²) in [6.45, 7) is 0. The summed E-state index contributed by atoms with van der Waals surface area (Å²) in [7, 11) is 0. The van der Waals surface area contributed by atoms with Crippen LogP contribution in [-0.2, 0) is 4.79 Å². The predicted octanol–water partition coefficient (Wildman–Crippen LogP) is 4.86. The van der Waals surface area contributed by atoms with E-state index in [1.807, 2.05) is 36.4 Å². The number of carbonyl (C=O) groups excluding carboxylic acids is 1. The Morgan fingerprint density at radius 2 is 1.38 bits per heavy atom. The molecule has 1 atom stereocenters. The number of benzene rings is 3. The monoisotopic (exact) mass is 363 g/mol. The zero-order chi connectivity index (χ0) is 18.4. The van der Waals surface area contributed by atoms with E-state index in [9.17, 15) is 14.7 Å². The number of carboxylic acids is 1. The van der Waals surface area contributed by atoms with Crippen molar-refractivity contribution in [1.29, 1.82) is 0 Å². The van der Waals surface area contributed by atoms with Gasteiger partial charge in [0.05, 0.1) is 0 Å². The number of hydrogen-bond acceptors (Lipinski definition) is 3. The van der Waals surface area contributed by atoms with Gasteiger partial charge < -0.3 is 10.4 Å². The average molecular weight is 363 g/mol. The molecule has 0 spiro atoms. The molecule has 0 fully saturated rings. The van der Waals surface area contributed by atoms with Crippen LogP contribution in [0.4, 0.5) is 5.69 Å². The third-order valence-corrected chi connectivity index (χ3v) is 4.98. The molecule has 130 valence electrons. The molecule has 3 rings (SSSR count). The molecule has 0 saturated carbocycles. The van der Waals surface area contributed by atoms with Gasteiger partial charge in [-0.25, -0.2) is 0 Å². The molecule has 0 radical (unpaired) electrons. The molecule has 1 amide bonds. The second kappa shape index (κ2) is 8.36. The summed E-state index contributed by atoms with van der Waals surface area (Å²) < 4.78 is 0. The second-order valence-electron chi connectivity index (χ2n) is 5.56. The highest BCUT2D eigenvalue weighted by Crippen LogP contribution is 2.38. The Balaban J connectivity index is 1.89. The first kappa shape index (κ1) is 17.8. The fourth-order valence-corrected chi connectivity index (χ4v) is 3.53. The van der Waals surface area contributed by atoms with E-state index in [1.54, 1.807) is 48.5 Å². The lowest BCUT2D eigenvalue weighted by Gasteiger charge is -2.17. The molecule has 1 unspecified atom stereocenters. The van der Waals surface area contributed by atoms with E-state index < -0.39 is 11.2 Å². The lowest BCUT2D eigenvalue weighted by molar-refractivity contribution is -0.136. The molecule has 0 aromatic heterocycles. The van der Waals surface area contributed by atoms with Crippen molar-refractivity contribution in [3.63, 3.8) is 0 Å². The molecule has 3 aromatic carbocycles. The van der Waals surface area contributed by atoms with E-state index in [-0.39, 0.29) is 5.91 Å². The molecule has 0 aliphatic carbocycles. The summed E-state index contributed by atoms with van der Waals surface area (Å²) in [6, 6.07) is 25.2. The molecule has 0 heterocycles. The maximum absolute atomic E-state index is 12.5.